The lowest BCUT2D eigenvalue weighted by Gasteiger charge is -2.18. The molecule has 8 heteroatoms. The maximum absolute atomic E-state index is 13.3. The minimum absolute atomic E-state index is 0.168. The van der Waals surface area contributed by atoms with E-state index in [9.17, 15) is 14.0 Å². The second-order valence-corrected chi connectivity index (χ2v) is 7.27. The molecule has 30 heavy (non-hydrogen) atoms. The molecule has 4 aromatic rings. The van der Waals surface area contributed by atoms with Gasteiger partial charge >= 0.3 is 0 Å². The summed E-state index contributed by atoms with van der Waals surface area (Å²) in [5.41, 5.74) is 3.03. The fraction of sp³-hybridized carbons (Fsp3) is 0.182. The molecule has 1 aliphatic rings. The highest BCUT2D eigenvalue weighted by Gasteiger charge is 2.25. The van der Waals surface area contributed by atoms with Crippen molar-refractivity contribution in [3.05, 3.63) is 82.2 Å². The number of hydrogen-bond donors (Lipinski definition) is 0. The standard InChI is InChI=1S/C22H18FN5O2/c1-14-18-12-24-28(17-8-6-16(23)7-9-17)21(18)22(30)27(25-14)13-20(29)26-11-10-15-4-2-3-5-19(15)26/h2-9,12H,10-11,13H2,1H3. The van der Waals surface area contributed by atoms with Crippen LogP contribution in [0.4, 0.5) is 10.1 Å². The van der Waals surface area contributed by atoms with E-state index in [1.807, 2.05) is 24.3 Å². The zero-order valence-electron chi connectivity index (χ0n) is 16.2. The van der Waals surface area contributed by atoms with Crippen LogP contribution >= 0.6 is 0 Å². The topological polar surface area (TPSA) is 73.0 Å². The molecule has 7 nitrogen and oxygen atoms in total. The van der Waals surface area contributed by atoms with Crippen molar-refractivity contribution in [3.63, 3.8) is 0 Å². The van der Waals surface area contributed by atoms with Gasteiger partial charge in [-0.25, -0.2) is 13.8 Å². The van der Waals surface area contributed by atoms with Crippen LogP contribution in [0, 0.1) is 12.7 Å². The number of rotatable bonds is 3. The number of carbonyl (C=O) groups is 1. The maximum atomic E-state index is 13.3. The predicted octanol–water partition coefficient (Wildman–Crippen LogP) is 2.62. The third-order valence-electron chi connectivity index (χ3n) is 5.41. The second-order valence-electron chi connectivity index (χ2n) is 7.27. The van der Waals surface area contributed by atoms with E-state index in [-0.39, 0.29) is 18.3 Å². The van der Waals surface area contributed by atoms with Gasteiger partial charge in [0.15, 0.2) is 0 Å². The highest BCUT2D eigenvalue weighted by Crippen LogP contribution is 2.27. The molecule has 0 fully saturated rings. The number of benzene rings is 2. The number of fused-ring (bicyclic) bond motifs is 2. The molecule has 0 spiro atoms. The highest BCUT2D eigenvalue weighted by atomic mass is 19.1. The van der Waals surface area contributed by atoms with E-state index in [0.717, 1.165) is 17.7 Å². The van der Waals surface area contributed by atoms with Crippen molar-refractivity contribution < 1.29 is 9.18 Å². The Bertz CT molecular complexity index is 1340. The lowest BCUT2D eigenvalue weighted by molar-refractivity contribution is -0.119. The van der Waals surface area contributed by atoms with E-state index < -0.39 is 5.56 Å². The molecule has 0 saturated heterocycles. The third-order valence-corrected chi connectivity index (χ3v) is 5.41. The van der Waals surface area contributed by atoms with Gasteiger partial charge in [-0.3, -0.25) is 9.59 Å². The van der Waals surface area contributed by atoms with Crippen molar-refractivity contribution >= 4 is 22.5 Å². The number of nitrogens with zero attached hydrogens (tertiary/aromatic N) is 5. The molecule has 1 aliphatic heterocycles. The van der Waals surface area contributed by atoms with Gasteiger partial charge in [0, 0.05) is 17.6 Å². The molecule has 0 bridgehead atoms. The van der Waals surface area contributed by atoms with Gasteiger partial charge in [-0.05, 0) is 49.2 Å². The summed E-state index contributed by atoms with van der Waals surface area (Å²) >= 11 is 0. The minimum atomic E-state index is -0.418. The van der Waals surface area contributed by atoms with E-state index in [1.165, 1.54) is 21.5 Å². The van der Waals surface area contributed by atoms with Gasteiger partial charge < -0.3 is 4.90 Å². The first-order valence-electron chi connectivity index (χ1n) is 9.62. The van der Waals surface area contributed by atoms with E-state index in [0.29, 0.717) is 28.8 Å². The Balaban J connectivity index is 1.55. The smallest absolute Gasteiger partial charge is 0.293 e. The maximum Gasteiger partial charge on any atom is 0.293 e. The Morgan fingerprint density at radius 1 is 1.13 bits per heavy atom. The molecular weight excluding hydrogens is 385 g/mol. The van der Waals surface area contributed by atoms with Gasteiger partial charge in [-0.2, -0.15) is 10.2 Å². The average molecular weight is 403 g/mol. The summed E-state index contributed by atoms with van der Waals surface area (Å²) in [5, 5.41) is 9.22. The molecule has 0 N–H and O–H groups in total. The molecule has 0 unspecified atom stereocenters. The quantitative estimate of drug-likeness (QED) is 0.527. The number of halogens is 1. The SMILES string of the molecule is Cc1nn(CC(=O)N2CCc3ccccc32)c(=O)c2c1cnn2-c1ccc(F)cc1. The highest BCUT2D eigenvalue weighted by molar-refractivity contribution is 5.95. The molecule has 0 aliphatic carbocycles. The predicted molar refractivity (Wildman–Crippen MR) is 110 cm³/mol. The van der Waals surface area contributed by atoms with Gasteiger partial charge in [0.25, 0.3) is 5.56 Å². The van der Waals surface area contributed by atoms with Crippen LogP contribution < -0.4 is 10.5 Å². The second kappa shape index (κ2) is 6.91. The zero-order valence-corrected chi connectivity index (χ0v) is 16.2. The molecule has 0 radical (unpaired) electrons. The van der Waals surface area contributed by atoms with Crippen LogP contribution in [0.15, 0.2) is 59.5 Å². The van der Waals surface area contributed by atoms with Crippen molar-refractivity contribution in [2.24, 2.45) is 0 Å². The Kier molecular flexibility index (Phi) is 4.20. The number of aromatic nitrogens is 4. The number of hydrogen-bond acceptors (Lipinski definition) is 4. The molecular formula is C22H18FN5O2. The number of para-hydroxylation sites is 1. The van der Waals surface area contributed by atoms with Crippen LogP contribution in [0.1, 0.15) is 11.3 Å². The van der Waals surface area contributed by atoms with Gasteiger partial charge in [-0.1, -0.05) is 18.2 Å². The average Bonchev–Trinajstić information content (AvgIpc) is 3.37. The third kappa shape index (κ3) is 2.88. The van der Waals surface area contributed by atoms with Crippen LogP contribution in [0.25, 0.3) is 16.6 Å². The van der Waals surface area contributed by atoms with Crippen molar-refractivity contribution in [1.82, 2.24) is 19.6 Å². The summed E-state index contributed by atoms with van der Waals surface area (Å²) in [6.45, 7) is 2.19. The summed E-state index contributed by atoms with van der Waals surface area (Å²) < 4.78 is 15.9. The molecule has 0 saturated carbocycles. The van der Waals surface area contributed by atoms with Crippen molar-refractivity contribution in [3.8, 4) is 5.69 Å². The lowest BCUT2D eigenvalue weighted by Crippen LogP contribution is -2.37. The summed E-state index contributed by atoms with van der Waals surface area (Å²) in [4.78, 5) is 27.9. The van der Waals surface area contributed by atoms with E-state index in [4.69, 9.17) is 0 Å². The first-order chi connectivity index (χ1) is 14.5. The number of carbonyl (C=O) groups excluding carboxylic acids is 1. The Morgan fingerprint density at radius 2 is 1.90 bits per heavy atom. The minimum Gasteiger partial charge on any atom is -0.310 e. The molecule has 2 aromatic heterocycles. The van der Waals surface area contributed by atoms with Crippen molar-refractivity contribution in [2.45, 2.75) is 19.9 Å². The first kappa shape index (κ1) is 18.2. The van der Waals surface area contributed by atoms with Gasteiger partial charge in [0.2, 0.25) is 5.91 Å². The lowest BCUT2D eigenvalue weighted by atomic mass is 10.2. The molecule has 150 valence electrons. The van der Waals surface area contributed by atoms with Crippen LogP contribution in [-0.2, 0) is 17.8 Å². The normalized spacial score (nSPS) is 13.1. The number of anilines is 1. The van der Waals surface area contributed by atoms with Crippen molar-refractivity contribution in [1.29, 1.82) is 0 Å². The van der Waals surface area contributed by atoms with Crippen LogP contribution in [-0.4, -0.2) is 32.0 Å². The van der Waals surface area contributed by atoms with Crippen molar-refractivity contribution in [2.75, 3.05) is 11.4 Å². The van der Waals surface area contributed by atoms with Crippen LogP contribution in [0.2, 0.25) is 0 Å². The van der Waals surface area contributed by atoms with E-state index >= 15 is 0 Å². The molecule has 0 atom stereocenters. The summed E-state index contributed by atoms with van der Waals surface area (Å²) in [6, 6.07) is 13.5. The largest absolute Gasteiger partial charge is 0.310 e. The summed E-state index contributed by atoms with van der Waals surface area (Å²) in [5.74, 6) is -0.567. The summed E-state index contributed by atoms with van der Waals surface area (Å²) in [7, 11) is 0. The molecule has 2 aromatic carbocycles. The van der Waals surface area contributed by atoms with Crippen LogP contribution in [0.3, 0.4) is 0 Å². The van der Waals surface area contributed by atoms with E-state index in [2.05, 4.69) is 10.2 Å². The van der Waals surface area contributed by atoms with E-state index in [1.54, 1.807) is 30.2 Å². The fourth-order valence-electron chi connectivity index (χ4n) is 3.92. The Labute approximate surface area is 171 Å². The number of amides is 1. The van der Waals surface area contributed by atoms with Gasteiger partial charge in [0.1, 0.15) is 17.9 Å². The zero-order chi connectivity index (χ0) is 20.8. The van der Waals surface area contributed by atoms with Gasteiger partial charge in [0.05, 0.1) is 17.6 Å². The fourth-order valence-corrected chi connectivity index (χ4v) is 3.92. The van der Waals surface area contributed by atoms with Gasteiger partial charge in [-0.15, -0.1) is 0 Å². The number of aryl methyl sites for hydroxylation is 1. The van der Waals surface area contributed by atoms with Crippen LogP contribution in [0.5, 0.6) is 0 Å². The molecule has 3 heterocycles. The molecule has 5 rings (SSSR count). The summed E-state index contributed by atoms with van der Waals surface area (Å²) in [6.07, 6.45) is 2.35. The molecule has 1 amide bonds. The Morgan fingerprint density at radius 3 is 2.70 bits per heavy atom. The first-order valence-corrected chi connectivity index (χ1v) is 9.62. The Hall–Kier alpha value is -3.81. The monoisotopic (exact) mass is 403 g/mol.